The average molecular weight is 307 g/mol. The van der Waals surface area contributed by atoms with Crippen LogP contribution >= 0.6 is 0 Å². The lowest BCUT2D eigenvalue weighted by Crippen LogP contribution is -2.35. The molecule has 21 heavy (non-hydrogen) atoms. The van der Waals surface area contributed by atoms with Crippen LogP contribution < -0.4 is 17.2 Å². The summed E-state index contributed by atoms with van der Waals surface area (Å²) in [4.78, 5) is 41.1. The van der Waals surface area contributed by atoms with Gasteiger partial charge < -0.3 is 32.5 Å². The number of carbonyl (C=O) groups excluding carboxylic acids is 1. The lowest BCUT2D eigenvalue weighted by molar-refractivity contribution is -0.139. The summed E-state index contributed by atoms with van der Waals surface area (Å²) in [6.07, 6.45) is -0.169. The molecule has 0 rings (SSSR count). The fourth-order valence-electron chi connectivity index (χ4n) is 1.05. The Hall–Kier alpha value is -2.04. The number of hydrogen-bond donors (Lipinski definition) is 6. The van der Waals surface area contributed by atoms with E-state index >= 15 is 0 Å². The first-order valence-electron chi connectivity index (χ1n) is 6.02. The molecule has 0 aliphatic heterocycles. The number of ketones is 1. The molecule has 122 valence electrons. The number of Topliss-reactive ketones (excluding diaryl/α,β-unsaturated/α-hetero) is 1. The Morgan fingerprint density at radius 2 is 1.24 bits per heavy atom. The van der Waals surface area contributed by atoms with Crippen molar-refractivity contribution in [2.75, 3.05) is 6.54 Å². The SMILES string of the molecule is NC(CCC(=O)[C@@H](N)CCC(=O)O)C(=O)O.NCC(=O)O. The van der Waals surface area contributed by atoms with E-state index in [9.17, 15) is 19.2 Å². The third-order valence-electron chi connectivity index (χ3n) is 2.28. The number of nitrogens with two attached hydrogens (primary N) is 3. The van der Waals surface area contributed by atoms with Gasteiger partial charge >= 0.3 is 17.9 Å². The Balaban J connectivity index is 0. The lowest BCUT2D eigenvalue weighted by Gasteiger charge is -2.10. The van der Waals surface area contributed by atoms with Gasteiger partial charge in [0.2, 0.25) is 0 Å². The molecule has 0 radical (unpaired) electrons. The second kappa shape index (κ2) is 11.8. The topological polar surface area (TPSA) is 207 Å². The van der Waals surface area contributed by atoms with Crippen LogP contribution in [0.4, 0.5) is 0 Å². The number of carboxylic acids is 3. The Morgan fingerprint density at radius 1 is 0.810 bits per heavy atom. The molecule has 0 aromatic heterocycles. The van der Waals surface area contributed by atoms with Crippen LogP contribution in [0.5, 0.6) is 0 Å². The van der Waals surface area contributed by atoms with E-state index in [0.29, 0.717) is 0 Å². The second-order valence-electron chi connectivity index (χ2n) is 4.09. The van der Waals surface area contributed by atoms with E-state index in [2.05, 4.69) is 5.73 Å². The van der Waals surface area contributed by atoms with Crippen molar-refractivity contribution >= 4 is 23.7 Å². The van der Waals surface area contributed by atoms with Crippen molar-refractivity contribution in [1.82, 2.24) is 0 Å². The van der Waals surface area contributed by atoms with Crippen LogP contribution in [0.25, 0.3) is 0 Å². The molecule has 1 unspecified atom stereocenters. The molecule has 10 heteroatoms. The van der Waals surface area contributed by atoms with E-state index in [0.717, 1.165) is 0 Å². The highest BCUT2D eigenvalue weighted by Gasteiger charge is 2.18. The Morgan fingerprint density at radius 3 is 1.57 bits per heavy atom. The Bertz CT molecular complexity index is 373. The largest absolute Gasteiger partial charge is 0.481 e. The van der Waals surface area contributed by atoms with Crippen molar-refractivity contribution in [2.24, 2.45) is 17.2 Å². The highest BCUT2D eigenvalue weighted by atomic mass is 16.4. The summed E-state index contributed by atoms with van der Waals surface area (Å²) in [5, 5.41) is 24.4. The molecule has 0 aliphatic carbocycles. The quantitative estimate of drug-likeness (QED) is 0.275. The van der Waals surface area contributed by atoms with Crippen molar-refractivity contribution in [3.05, 3.63) is 0 Å². The Labute approximate surface area is 120 Å². The zero-order valence-corrected chi connectivity index (χ0v) is 11.4. The highest BCUT2D eigenvalue weighted by molar-refractivity contribution is 5.85. The monoisotopic (exact) mass is 307 g/mol. The normalized spacial score (nSPS) is 12.5. The van der Waals surface area contributed by atoms with Gasteiger partial charge in [0.1, 0.15) is 11.8 Å². The van der Waals surface area contributed by atoms with Crippen molar-refractivity contribution in [2.45, 2.75) is 37.8 Å². The van der Waals surface area contributed by atoms with Gasteiger partial charge in [0, 0.05) is 12.8 Å². The zero-order valence-electron chi connectivity index (χ0n) is 11.4. The van der Waals surface area contributed by atoms with E-state index in [1.165, 1.54) is 0 Å². The smallest absolute Gasteiger partial charge is 0.320 e. The van der Waals surface area contributed by atoms with Crippen molar-refractivity contribution in [1.29, 1.82) is 0 Å². The first-order valence-corrected chi connectivity index (χ1v) is 6.02. The maximum absolute atomic E-state index is 11.3. The second-order valence-corrected chi connectivity index (χ2v) is 4.09. The molecule has 0 aromatic carbocycles. The Kier molecular flexibility index (Phi) is 11.9. The van der Waals surface area contributed by atoms with Gasteiger partial charge in [-0.1, -0.05) is 0 Å². The molecule has 0 amide bonds. The van der Waals surface area contributed by atoms with Gasteiger partial charge in [-0.05, 0) is 12.8 Å². The van der Waals surface area contributed by atoms with Gasteiger partial charge in [-0.2, -0.15) is 0 Å². The van der Waals surface area contributed by atoms with Gasteiger partial charge in [0.25, 0.3) is 0 Å². The molecule has 0 saturated carbocycles. The van der Waals surface area contributed by atoms with Crippen LogP contribution in [0.1, 0.15) is 25.7 Å². The van der Waals surface area contributed by atoms with Crippen LogP contribution in [0, 0.1) is 0 Å². The molecule has 0 aromatic rings. The summed E-state index contributed by atoms with van der Waals surface area (Å²) in [5.74, 6) is -3.53. The summed E-state index contributed by atoms with van der Waals surface area (Å²) in [7, 11) is 0. The first-order chi connectivity index (χ1) is 9.61. The lowest BCUT2D eigenvalue weighted by atomic mass is 10.0. The summed E-state index contributed by atoms with van der Waals surface area (Å²) < 4.78 is 0. The third kappa shape index (κ3) is 14.2. The van der Waals surface area contributed by atoms with E-state index in [-0.39, 0.29) is 38.0 Å². The average Bonchev–Trinajstić information content (AvgIpc) is 2.41. The molecular formula is C11H21N3O7. The minimum Gasteiger partial charge on any atom is -0.481 e. The fraction of sp³-hybridized carbons (Fsp3) is 0.636. The van der Waals surface area contributed by atoms with Crippen LogP contribution in [0.15, 0.2) is 0 Å². The van der Waals surface area contributed by atoms with E-state index in [1.807, 2.05) is 0 Å². The van der Waals surface area contributed by atoms with Crippen LogP contribution in [-0.4, -0.2) is 57.6 Å². The van der Waals surface area contributed by atoms with Crippen molar-refractivity contribution < 1.29 is 34.5 Å². The van der Waals surface area contributed by atoms with E-state index < -0.39 is 30.0 Å². The molecule has 0 heterocycles. The third-order valence-corrected chi connectivity index (χ3v) is 2.28. The number of aliphatic carboxylic acids is 3. The van der Waals surface area contributed by atoms with E-state index in [4.69, 9.17) is 26.8 Å². The van der Waals surface area contributed by atoms with Gasteiger partial charge in [-0.25, -0.2) is 0 Å². The number of carboxylic acid groups (broad SMARTS) is 3. The van der Waals surface area contributed by atoms with Crippen molar-refractivity contribution in [3.8, 4) is 0 Å². The molecule has 2 atom stereocenters. The molecule has 9 N–H and O–H groups in total. The minimum absolute atomic E-state index is 0.00887. The molecule has 0 saturated heterocycles. The predicted octanol–water partition coefficient (Wildman–Crippen LogP) is -2.03. The summed E-state index contributed by atoms with van der Waals surface area (Å²) in [6, 6.07) is -1.95. The summed E-state index contributed by atoms with van der Waals surface area (Å²) in [6.45, 7) is -0.278. The molecule has 0 spiro atoms. The van der Waals surface area contributed by atoms with Crippen LogP contribution in [-0.2, 0) is 19.2 Å². The first kappa shape index (κ1) is 21.3. The molecule has 10 nitrogen and oxygen atoms in total. The van der Waals surface area contributed by atoms with Gasteiger partial charge in [0.05, 0.1) is 12.6 Å². The highest BCUT2D eigenvalue weighted by Crippen LogP contribution is 2.03. The maximum atomic E-state index is 11.3. The molecule has 0 bridgehead atoms. The maximum Gasteiger partial charge on any atom is 0.320 e. The van der Waals surface area contributed by atoms with Gasteiger partial charge in [-0.3, -0.25) is 19.2 Å². The minimum atomic E-state index is -1.17. The molecule has 0 aliphatic rings. The molecular weight excluding hydrogens is 286 g/mol. The van der Waals surface area contributed by atoms with Gasteiger partial charge in [0.15, 0.2) is 0 Å². The molecule has 0 fully saturated rings. The number of carbonyl (C=O) groups is 4. The van der Waals surface area contributed by atoms with Gasteiger partial charge in [-0.15, -0.1) is 0 Å². The zero-order chi connectivity index (χ0) is 17.0. The standard InChI is InChI=1S/C9H16N2O5.C2H5NO2/c10-5(2-4-8(13)14)7(12)3-1-6(11)9(15)16;3-1-2(4)5/h5-6H,1-4,10-11H2,(H,13,14)(H,15,16);1,3H2,(H,4,5)/t5-,6?;/m0./s1. The fourth-order valence-corrected chi connectivity index (χ4v) is 1.05. The number of hydrogen-bond acceptors (Lipinski definition) is 7. The summed E-state index contributed by atoms with van der Waals surface area (Å²) >= 11 is 0. The number of rotatable bonds is 9. The van der Waals surface area contributed by atoms with Crippen molar-refractivity contribution in [3.63, 3.8) is 0 Å². The summed E-state index contributed by atoms with van der Waals surface area (Å²) in [5.41, 5.74) is 15.2. The van der Waals surface area contributed by atoms with Crippen LogP contribution in [0.2, 0.25) is 0 Å². The predicted molar refractivity (Wildman–Crippen MR) is 71.4 cm³/mol. The van der Waals surface area contributed by atoms with Crippen LogP contribution in [0.3, 0.4) is 0 Å². The van der Waals surface area contributed by atoms with E-state index in [1.54, 1.807) is 0 Å².